The minimum atomic E-state index is -1.04. The molecule has 0 bridgehead atoms. The Morgan fingerprint density at radius 3 is 2.39 bits per heavy atom. The first kappa shape index (κ1) is 12.5. The number of carbonyl (C=O) groups is 2. The van der Waals surface area contributed by atoms with Gasteiger partial charge in [0.05, 0.1) is 5.56 Å². The monoisotopic (exact) mass is 249 g/mol. The number of hydrogen-bond acceptors (Lipinski definition) is 4. The number of carbonyl (C=O) groups excluding carboxylic acids is 1. The minimum Gasteiger partial charge on any atom is -0.479 e. The maximum absolute atomic E-state index is 12.3. The van der Waals surface area contributed by atoms with Crippen molar-refractivity contribution in [3.05, 3.63) is 24.3 Å². The second-order valence-electron chi connectivity index (χ2n) is 4.37. The van der Waals surface area contributed by atoms with Crippen LogP contribution in [0.3, 0.4) is 0 Å². The van der Waals surface area contributed by atoms with Crippen LogP contribution in [0.2, 0.25) is 0 Å². The molecule has 1 N–H and O–H groups in total. The Labute approximate surface area is 105 Å². The van der Waals surface area contributed by atoms with Crippen molar-refractivity contribution in [3.8, 4) is 0 Å². The first-order valence-electron chi connectivity index (χ1n) is 5.92. The molecular weight excluding hydrogens is 234 g/mol. The third kappa shape index (κ3) is 1.83. The third-order valence-electron chi connectivity index (χ3n) is 3.46. The standard InChI is InChI=1S/C12H15N3O3/c1-2-15(12(11(17)18)4-3-5-12)10(16)9-6-13-8-14-7-9/h6-8H,2-5H2,1H3,(H,17,18). The van der Waals surface area contributed by atoms with Gasteiger partial charge in [0.15, 0.2) is 0 Å². The van der Waals surface area contributed by atoms with E-state index < -0.39 is 11.5 Å². The van der Waals surface area contributed by atoms with Crippen LogP contribution in [0.15, 0.2) is 18.7 Å². The van der Waals surface area contributed by atoms with E-state index in [2.05, 4.69) is 9.97 Å². The molecule has 0 saturated heterocycles. The Morgan fingerprint density at radius 2 is 2.00 bits per heavy atom. The molecule has 1 saturated carbocycles. The van der Waals surface area contributed by atoms with Crippen LogP contribution in [-0.4, -0.2) is 43.9 Å². The van der Waals surface area contributed by atoms with Crippen LogP contribution in [0.5, 0.6) is 0 Å². The van der Waals surface area contributed by atoms with E-state index in [1.807, 2.05) is 0 Å². The quantitative estimate of drug-likeness (QED) is 0.858. The van der Waals surface area contributed by atoms with Crippen molar-refractivity contribution in [2.75, 3.05) is 6.54 Å². The predicted octanol–water partition coefficient (Wildman–Crippen LogP) is 0.946. The first-order chi connectivity index (χ1) is 8.62. The molecule has 1 aromatic rings. The van der Waals surface area contributed by atoms with Gasteiger partial charge in [-0.1, -0.05) is 0 Å². The maximum Gasteiger partial charge on any atom is 0.329 e. The van der Waals surface area contributed by atoms with Crippen LogP contribution in [-0.2, 0) is 4.79 Å². The van der Waals surface area contributed by atoms with Gasteiger partial charge in [0.1, 0.15) is 11.9 Å². The third-order valence-corrected chi connectivity index (χ3v) is 3.46. The van der Waals surface area contributed by atoms with Gasteiger partial charge in [-0.3, -0.25) is 4.79 Å². The lowest BCUT2D eigenvalue weighted by atomic mass is 9.75. The molecule has 1 aliphatic rings. The van der Waals surface area contributed by atoms with Gasteiger partial charge in [-0.25, -0.2) is 14.8 Å². The largest absolute Gasteiger partial charge is 0.479 e. The molecule has 0 unspecified atom stereocenters. The average molecular weight is 249 g/mol. The maximum atomic E-state index is 12.3. The number of amides is 1. The Balaban J connectivity index is 2.29. The molecule has 1 amide bonds. The van der Waals surface area contributed by atoms with Crippen molar-refractivity contribution in [2.45, 2.75) is 31.7 Å². The van der Waals surface area contributed by atoms with Crippen LogP contribution >= 0.6 is 0 Å². The molecule has 96 valence electrons. The van der Waals surface area contributed by atoms with Gasteiger partial charge in [-0.15, -0.1) is 0 Å². The van der Waals surface area contributed by atoms with E-state index in [9.17, 15) is 14.7 Å². The zero-order valence-electron chi connectivity index (χ0n) is 10.2. The summed E-state index contributed by atoms with van der Waals surface area (Å²) in [6.07, 6.45) is 6.01. The van der Waals surface area contributed by atoms with Gasteiger partial charge < -0.3 is 10.0 Å². The van der Waals surface area contributed by atoms with E-state index in [-0.39, 0.29) is 5.91 Å². The van der Waals surface area contributed by atoms with Gasteiger partial charge in [0.25, 0.3) is 5.91 Å². The summed E-state index contributed by atoms with van der Waals surface area (Å²) >= 11 is 0. The summed E-state index contributed by atoms with van der Waals surface area (Å²) < 4.78 is 0. The zero-order valence-corrected chi connectivity index (χ0v) is 10.2. The van der Waals surface area contributed by atoms with Crippen molar-refractivity contribution in [3.63, 3.8) is 0 Å². The second-order valence-corrected chi connectivity index (χ2v) is 4.37. The van der Waals surface area contributed by atoms with Crippen LogP contribution in [0.4, 0.5) is 0 Å². The highest BCUT2D eigenvalue weighted by Crippen LogP contribution is 2.38. The Morgan fingerprint density at radius 1 is 1.39 bits per heavy atom. The summed E-state index contributed by atoms with van der Waals surface area (Å²) in [6, 6.07) is 0. The highest BCUT2D eigenvalue weighted by molar-refractivity contribution is 5.97. The molecule has 0 aromatic carbocycles. The zero-order chi connectivity index (χ0) is 13.2. The normalized spacial score (nSPS) is 16.7. The molecule has 0 spiro atoms. The number of hydrogen-bond donors (Lipinski definition) is 1. The number of carboxylic acids is 1. The molecule has 1 aromatic heterocycles. The molecule has 6 nitrogen and oxygen atoms in total. The number of nitrogens with zero attached hydrogens (tertiary/aromatic N) is 3. The van der Waals surface area contributed by atoms with Gasteiger partial charge in [0, 0.05) is 18.9 Å². The molecule has 0 aliphatic heterocycles. The fourth-order valence-corrected chi connectivity index (χ4v) is 2.32. The summed E-state index contributed by atoms with van der Waals surface area (Å²) in [5, 5.41) is 9.36. The van der Waals surface area contributed by atoms with E-state index in [0.29, 0.717) is 24.9 Å². The van der Waals surface area contributed by atoms with Gasteiger partial charge in [0.2, 0.25) is 0 Å². The number of likely N-dealkylation sites (N-methyl/N-ethyl adjacent to an activating group) is 1. The van der Waals surface area contributed by atoms with Crippen molar-refractivity contribution < 1.29 is 14.7 Å². The number of aliphatic carboxylic acids is 1. The SMILES string of the molecule is CCN(C(=O)c1cncnc1)C1(C(=O)O)CCC1. The van der Waals surface area contributed by atoms with Crippen LogP contribution in [0, 0.1) is 0 Å². The van der Waals surface area contributed by atoms with E-state index in [1.165, 1.54) is 23.6 Å². The Bertz CT molecular complexity index is 457. The molecule has 1 heterocycles. The molecule has 6 heteroatoms. The first-order valence-corrected chi connectivity index (χ1v) is 5.92. The number of aromatic nitrogens is 2. The summed E-state index contributed by atoms with van der Waals surface area (Å²) in [6.45, 7) is 2.14. The Kier molecular flexibility index (Phi) is 3.27. The van der Waals surface area contributed by atoms with Crippen molar-refractivity contribution in [1.29, 1.82) is 0 Å². The van der Waals surface area contributed by atoms with Gasteiger partial charge >= 0.3 is 5.97 Å². The lowest BCUT2D eigenvalue weighted by molar-refractivity contribution is -0.155. The van der Waals surface area contributed by atoms with Crippen molar-refractivity contribution in [2.24, 2.45) is 0 Å². The van der Waals surface area contributed by atoms with Crippen molar-refractivity contribution in [1.82, 2.24) is 14.9 Å². The summed E-state index contributed by atoms with van der Waals surface area (Å²) in [5.74, 6) is -1.25. The smallest absolute Gasteiger partial charge is 0.329 e. The molecular formula is C12H15N3O3. The summed E-state index contributed by atoms with van der Waals surface area (Å²) in [4.78, 5) is 32.7. The van der Waals surface area contributed by atoms with E-state index in [0.717, 1.165) is 6.42 Å². The molecule has 2 rings (SSSR count). The topological polar surface area (TPSA) is 83.4 Å². The molecule has 1 aliphatic carbocycles. The lowest BCUT2D eigenvalue weighted by Crippen LogP contribution is -2.61. The fraction of sp³-hybridized carbons (Fsp3) is 0.500. The van der Waals surface area contributed by atoms with Crippen LogP contribution in [0.1, 0.15) is 36.5 Å². The minimum absolute atomic E-state index is 0.319. The Hall–Kier alpha value is -1.98. The summed E-state index contributed by atoms with van der Waals surface area (Å²) in [7, 11) is 0. The van der Waals surface area contributed by atoms with Crippen LogP contribution in [0.25, 0.3) is 0 Å². The fourth-order valence-electron chi connectivity index (χ4n) is 2.32. The molecule has 18 heavy (non-hydrogen) atoms. The second kappa shape index (κ2) is 4.72. The van der Waals surface area contributed by atoms with E-state index in [1.54, 1.807) is 6.92 Å². The van der Waals surface area contributed by atoms with E-state index >= 15 is 0 Å². The van der Waals surface area contributed by atoms with Gasteiger partial charge in [-0.05, 0) is 26.2 Å². The molecule has 0 atom stereocenters. The molecule has 0 radical (unpaired) electrons. The number of rotatable bonds is 4. The lowest BCUT2D eigenvalue weighted by Gasteiger charge is -2.46. The van der Waals surface area contributed by atoms with Crippen molar-refractivity contribution >= 4 is 11.9 Å². The van der Waals surface area contributed by atoms with Crippen LogP contribution < -0.4 is 0 Å². The highest BCUT2D eigenvalue weighted by atomic mass is 16.4. The molecule has 1 fully saturated rings. The van der Waals surface area contributed by atoms with Gasteiger partial charge in [-0.2, -0.15) is 0 Å². The average Bonchev–Trinajstić information content (AvgIpc) is 2.33. The predicted molar refractivity (Wildman–Crippen MR) is 63.0 cm³/mol. The number of carboxylic acid groups (broad SMARTS) is 1. The highest BCUT2D eigenvalue weighted by Gasteiger charge is 2.50. The summed E-state index contributed by atoms with van der Waals surface area (Å²) in [5.41, 5.74) is -0.714. The van der Waals surface area contributed by atoms with E-state index in [4.69, 9.17) is 0 Å².